The standard InChI is InChI=1S/C10H19NO2S/c1-4-8(2)7-14-6-5-9(11)10(12)13-3/h9H,2,4-7,11H2,1,3H3. The van der Waals surface area contributed by atoms with Gasteiger partial charge < -0.3 is 10.5 Å². The molecule has 1 unspecified atom stereocenters. The fraction of sp³-hybridized carbons (Fsp3) is 0.700. The van der Waals surface area contributed by atoms with Crippen LogP contribution in [0.5, 0.6) is 0 Å². The minimum absolute atomic E-state index is 0.333. The van der Waals surface area contributed by atoms with Crippen LogP contribution in [0, 0.1) is 0 Å². The van der Waals surface area contributed by atoms with Crippen LogP contribution in [0.1, 0.15) is 19.8 Å². The fourth-order valence-electron chi connectivity index (χ4n) is 0.798. The lowest BCUT2D eigenvalue weighted by Crippen LogP contribution is -2.32. The van der Waals surface area contributed by atoms with Crippen molar-refractivity contribution in [2.75, 3.05) is 18.6 Å². The molecule has 0 aliphatic heterocycles. The molecule has 0 spiro atoms. The van der Waals surface area contributed by atoms with Gasteiger partial charge in [-0.05, 0) is 18.6 Å². The topological polar surface area (TPSA) is 52.3 Å². The van der Waals surface area contributed by atoms with E-state index in [4.69, 9.17) is 5.73 Å². The number of thioether (sulfide) groups is 1. The minimum atomic E-state index is -0.484. The monoisotopic (exact) mass is 217 g/mol. The van der Waals surface area contributed by atoms with Crippen LogP contribution >= 0.6 is 11.8 Å². The van der Waals surface area contributed by atoms with Crippen molar-refractivity contribution in [2.24, 2.45) is 5.73 Å². The van der Waals surface area contributed by atoms with Gasteiger partial charge in [0.15, 0.2) is 0 Å². The van der Waals surface area contributed by atoms with E-state index in [1.54, 1.807) is 11.8 Å². The molecular weight excluding hydrogens is 198 g/mol. The molecule has 0 aromatic carbocycles. The minimum Gasteiger partial charge on any atom is -0.468 e. The molecular formula is C10H19NO2S. The van der Waals surface area contributed by atoms with E-state index in [0.29, 0.717) is 6.42 Å². The Kier molecular flexibility index (Phi) is 7.61. The number of hydrogen-bond donors (Lipinski definition) is 1. The summed E-state index contributed by atoms with van der Waals surface area (Å²) in [4.78, 5) is 10.9. The van der Waals surface area contributed by atoms with Gasteiger partial charge in [0.25, 0.3) is 0 Å². The molecule has 0 saturated carbocycles. The Morgan fingerprint density at radius 3 is 2.79 bits per heavy atom. The van der Waals surface area contributed by atoms with Crippen molar-refractivity contribution in [1.82, 2.24) is 0 Å². The van der Waals surface area contributed by atoms with Gasteiger partial charge in [0, 0.05) is 5.75 Å². The average molecular weight is 217 g/mol. The third kappa shape index (κ3) is 6.05. The highest BCUT2D eigenvalue weighted by Crippen LogP contribution is 2.10. The number of nitrogens with two attached hydrogens (primary N) is 1. The Balaban J connectivity index is 3.45. The quantitative estimate of drug-likeness (QED) is 0.399. The van der Waals surface area contributed by atoms with Crippen molar-refractivity contribution in [2.45, 2.75) is 25.8 Å². The van der Waals surface area contributed by atoms with Gasteiger partial charge in [-0.2, -0.15) is 11.8 Å². The molecule has 82 valence electrons. The van der Waals surface area contributed by atoms with Crippen molar-refractivity contribution >= 4 is 17.7 Å². The molecule has 0 saturated heterocycles. The highest BCUT2D eigenvalue weighted by molar-refractivity contribution is 7.99. The van der Waals surface area contributed by atoms with Gasteiger partial charge in [-0.15, -0.1) is 0 Å². The highest BCUT2D eigenvalue weighted by atomic mass is 32.2. The summed E-state index contributed by atoms with van der Waals surface area (Å²) in [5.41, 5.74) is 6.79. The van der Waals surface area contributed by atoms with Crippen LogP contribution in [-0.4, -0.2) is 30.6 Å². The maximum Gasteiger partial charge on any atom is 0.322 e. The smallest absolute Gasteiger partial charge is 0.322 e. The van der Waals surface area contributed by atoms with E-state index in [1.165, 1.54) is 12.7 Å². The van der Waals surface area contributed by atoms with Gasteiger partial charge >= 0.3 is 5.97 Å². The zero-order valence-electron chi connectivity index (χ0n) is 8.91. The molecule has 4 heteroatoms. The Morgan fingerprint density at radius 1 is 1.64 bits per heavy atom. The maximum atomic E-state index is 10.9. The molecule has 0 heterocycles. The first-order valence-electron chi connectivity index (χ1n) is 4.69. The molecule has 0 aliphatic carbocycles. The summed E-state index contributed by atoms with van der Waals surface area (Å²) < 4.78 is 4.52. The van der Waals surface area contributed by atoms with Crippen molar-refractivity contribution in [3.05, 3.63) is 12.2 Å². The number of ether oxygens (including phenoxy) is 1. The van der Waals surface area contributed by atoms with Crippen LogP contribution in [0.4, 0.5) is 0 Å². The van der Waals surface area contributed by atoms with Gasteiger partial charge in [0.2, 0.25) is 0 Å². The van der Waals surface area contributed by atoms with Gasteiger partial charge in [-0.3, -0.25) is 4.79 Å². The Hall–Kier alpha value is -0.480. The van der Waals surface area contributed by atoms with E-state index in [1.807, 2.05) is 0 Å². The van der Waals surface area contributed by atoms with E-state index < -0.39 is 6.04 Å². The van der Waals surface area contributed by atoms with E-state index in [2.05, 4.69) is 18.2 Å². The number of carbonyl (C=O) groups is 1. The lowest BCUT2D eigenvalue weighted by molar-refractivity contribution is -0.142. The van der Waals surface area contributed by atoms with Crippen LogP contribution in [-0.2, 0) is 9.53 Å². The Labute approximate surface area is 90.1 Å². The van der Waals surface area contributed by atoms with E-state index in [-0.39, 0.29) is 5.97 Å². The third-order valence-electron chi connectivity index (χ3n) is 1.88. The molecule has 14 heavy (non-hydrogen) atoms. The van der Waals surface area contributed by atoms with Crippen molar-refractivity contribution in [1.29, 1.82) is 0 Å². The first kappa shape index (κ1) is 13.5. The predicted octanol–water partition coefficient (Wildman–Crippen LogP) is 1.58. The number of rotatable bonds is 7. The van der Waals surface area contributed by atoms with E-state index in [9.17, 15) is 4.79 Å². The third-order valence-corrected chi connectivity index (χ3v) is 3.02. The summed E-state index contributed by atoms with van der Waals surface area (Å²) in [5, 5.41) is 0. The van der Waals surface area contributed by atoms with Gasteiger partial charge in [-0.1, -0.05) is 19.1 Å². The average Bonchev–Trinajstić information content (AvgIpc) is 2.22. The second-order valence-corrected chi connectivity index (χ2v) is 4.18. The first-order valence-corrected chi connectivity index (χ1v) is 5.85. The zero-order chi connectivity index (χ0) is 11.0. The van der Waals surface area contributed by atoms with Crippen LogP contribution in [0.15, 0.2) is 12.2 Å². The van der Waals surface area contributed by atoms with Crippen LogP contribution in [0.25, 0.3) is 0 Å². The largest absolute Gasteiger partial charge is 0.468 e. The molecule has 0 aromatic heterocycles. The van der Waals surface area contributed by atoms with E-state index in [0.717, 1.165) is 17.9 Å². The van der Waals surface area contributed by atoms with Gasteiger partial charge in [0.1, 0.15) is 6.04 Å². The number of hydrogen-bond acceptors (Lipinski definition) is 4. The summed E-state index contributed by atoms with van der Waals surface area (Å²) in [7, 11) is 1.36. The van der Waals surface area contributed by atoms with Crippen molar-refractivity contribution in [3.63, 3.8) is 0 Å². The lowest BCUT2D eigenvalue weighted by Gasteiger charge is -2.08. The Morgan fingerprint density at radius 2 is 2.29 bits per heavy atom. The predicted molar refractivity (Wildman–Crippen MR) is 61.4 cm³/mol. The van der Waals surface area contributed by atoms with Crippen molar-refractivity contribution < 1.29 is 9.53 Å². The summed E-state index contributed by atoms with van der Waals surface area (Å²) in [5.74, 6) is 1.49. The van der Waals surface area contributed by atoms with E-state index >= 15 is 0 Å². The molecule has 2 N–H and O–H groups in total. The number of carbonyl (C=O) groups excluding carboxylic acids is 1. The van der Waals surface area contributed by atoms with Crippen LogP contribution < -0.4 is 5.73 Å². The fourth-order valence-corrected chi connectivity index (χ4v) is 1.86. The van der Waals surface area contributed by atoms with Crippen LogP contribution in [0.2, 0.25) is 0 Å². The molecule has 3 nitrogen and oxygen atoms in total. The second kappa shape index (κ2) is 7.88. The molecule has 0 aromatic rings. The molecule has 1 atom stereocenters. The molecule has 0 rings (SSSR count). The maximum absolute atomic E-state index is 10.9. The molecule has 0 amide bonds. The summed E-state index contributed by atoms with van der Waals surface area (Å²) in [6, 6.07) is -0.484. The zero-order valence-corrected chi connectivity index (χ0v) is 9.73. The second-order valence-electron chi connectivity index (χ2n) is 3.07. The van der Waals surface area contributed by atoms with Gasteiger partial charge in [0.05, 0.1) is 7.11 Å². The summed E-state index contributed by atoms with van der Waals surface area (Å²) >= 11 is 1.75. The molecule has 0 radical (unpaired) electrons. The lowest BCUT2D eigenvalue weighted by atomic mass is 10.2. The van der Waals surface area contributed by atoms with Gasteiger partial charge in [-0.25, -0.2) is 0 Å². The highest BCUT2D eigenvalue weighted by Gasteiger charge is 2.12. The normalized spacial score (nSPS) is 12.2. The number of methoxy groups -OCH3 is 1. The number of esters is 1. The summed E-state index contributed by atoms with van der Waals surface area (Å²) in [6.07, 6.45) is 1.67. The summed E-state index contributed by atoms with van der Waals surface area (Å²) in [6.45, 7) is 5.98. The SMILES string of the molecule is C=C(CC)CSCCC(N)C(=O)OC. The molecule has 0 bridgehead atoms. The first-order chi connectivity index (χ1) is 6.61. The molecule has 0 aliphatic rings. The van der Waals surface area contributed by atoms with Crippen LogP contribution in [0.3, 0.4) is 0 Å². The van der Waals surface area contributed by atoms with Crippen molar-refractivity contribution in [3.8, 4) is 0 Å². The Bertz CT molecular complexity index is 195. The molecule has 0 fully saturated rings.